The van der Waals surface area contributed by atoms with E-state index in [0.717, 1.165) is 11.9 Å². The van der Waals surface area contributed by atoms with Crippen LogP contribution in [0, 0.1) is 5.82 Å². The molecule has 0 N–H and O–H groups in total. The van der Waals surface area contributed by atoms with Gasteiger partial charge in [0.05, 0.1) is 12.7 Å². The van der Waals surface area contributed by atoms with Crippen molar-refractivity contribution in [3.05, 3.63) is 30.1 Å². The second-order valence-corrected chi connectivity index (χ2v) is 3.38. The van der Waals surface area contributed by atoms with Crippen molar-refractivity contribution in [2.24, 2.45) is 0 Å². The summed E-state index contributed by atoms with van der Waals surface area (Å²) < 4.78 is 23.7. The van der Waals surface area contributed by atoms with Crippen LogP contribution in [0.1, 0.15) is 13.3 Å². The van der Waals surface area contributed by atoms with E-state index in [-0.39, 0.29) is 19.0 Å². The zero-order valence-corrected chi connectivity index (χ0v) is 8.07. The molecule has 0 aliphatic carbocycles. The lowest BCUT2D eigenvalue weighted by molar-refractivity contribution is 0.230. The summed E-state index contributed by atoms with van der Waals surface area (Å²) in [4.78, 5) is 0. The minimum Gasteiger partial charge on any atom is -0.405 e. The van der Waals surface area contributed by atoms with Crippen LogP contribution in [0.25, 0.3) is 0 Å². The van der Waals surface area contributed by atoms with Crippen LogP contribution in [-0.2, 0) is 9.31 Å². The van der Waals surface area contributed by atoms with Crippen LogP contribution in [0.3, 0.4) is 0 Å². The molecule has 1 aliphatic rings. The third kappa shape index (κ3) is 1.96. The van der Waals surface area contributed by atoms with Crippen LogP contribution in [0.4, 0.5) is 4.39 Å². The molecule has 1 unspecified atom stereocenters. The second kappa shape index (κ2) is 4.11. The zero-order valence-electron chi connectivity index (χ0n) is 8.07. The molecule has 1 aliphatic heterocycles. The number of hydrogen-bond donors (Lipinski definition) is 0. The molecule has 1 atom stereocenters. The van der Waals surface area contributed by atoms with E-state index < -0.39 is 0 Å². The monoisotopic (exact) mass is 194 g/mol. The van der Waals surface area contributed by atoms with Gasteiger partial charge in [-0.25, -0.2) is 4.39 Å². The lowest BCUT2D eigenvalue weighted by atomic mass is 9.79. The van der Waals surface area contributed by atoms with Crippen LogP contribution >= 0.6 is 0 Å². The molecule has 4 heteroatoms. The van der Waals surface area contributed by atoms with Crippen LogP contribution < -0.4 is 5.46 Å². The van der Waals surface area contributed by atoms with Crippen molar-refractivity contribution in [1.29, 1.82) is 0 Å². The van der Waals surface area contributed by atoms with Crippen molar-refractivity contribution < 1.29 is 13.7 Å². The van der Waals surface area contributed by atoms with Gasteiger partial charge in [0.1, 0.15) is 5.82 Å². The Hall–Kier alpha value is -0.865. The lowest BCUT2D eigenvalue weighted by Gasteiger charge is -2.06. The highest BCUT2D eigenvalue weighted by molar-refractivity contribution is 6.61. The Morgan fingerprint density at radius 1 is 1.43 bits per heavy atom. The van der Waals surface area contributed by atoms with Gasteiger partial charge in [0.15, 0.2) is 0 Å². The Morgan fingerprint density at radius 2 is 2.14 bits per heavy atom. The fraction of sp³-hybridized carbons (Fsp3) is 0.400. The summed E-state index contributed by atoms with van der Waals surface area (Å²) >= 11 is 0. The normalized spacial score (nSPS) is 21.6. The Bertz CT molecular complexity index is 301. The molecule has 0 amide bonds. The molecule has 74 valence electrons. The van der Waals surface area contributed by atoms with Gasteiger partial charge in [0, 0.05) is 0 Å². The van der Waals surface area contributed by atoms with Gasteiger partial charge < -0.3 is 9.31 Å². The SMILES string of the molecule is CCC1COB(c2ccc(F)cc2)O1. The Kier molecular flexibility index (Phi) is 2.84. The summed E-state index contributed by atoms with van der Waals surface area (Å²) in [5.74, 6) is -0.237. The minimum absolute atomic E-state index is 0.171. The van der Waals surface area contributed by atoms with E-state index in [1.807, 2.05) is 0 Å². The average molecular weight is 194 g/mol. The van der Waals surface area contributed by atoms with Crippen molar-refractivity contribution in [3.8, 4) is 0 Å². The quantitative estimate of drug-likeness (QED) is 0.661. The minimum atomic E-state index is -0.319. The summed E-state index contributed by atoms with van der Waals surface area (Å²) in [6.45, 7) is 2.68. The van der Waals surface area contributed by atoms with Crippen molar-refractivity contribution in [2.45, 2.75) is 19.4 Å². The fourth-order valence-corrected chi connectivity index (χ4v) is 1.46. The lowest BCUT2D eigenvalue weighted by Crippen LogP contribution is -2.32. The van der Waals surface area contributed by atoms with Gasteiger partial charge in [-0.2, -0.15) is 0 Å². The highest BCUT2D eigenvalue weighted by Gasteiger charge is 2.31. The Balaban J connectivity index is 2.06. The van der Waals surface area contributed by atoms with E-state index in [9.17, 15) is 4.39 Å². The molecule has 2 nitrogen and oxygen atoms in total. The maximum absolute atomic E-state index is 12.6. The predicted octanol–water partition coefficient (Wildman–Crippen LogP) is 1.35. The summed E-state index contributed by atoms with van der Waals surface area (Å²) in [5, 5.41) is 0. The molecule has 2 rings (SSSR count). The van der Waals surface area contributed by atoms with E-state index in [2.05, 4.69) is 6.92 Å². The van der Waals surface area contributed by atoms with Gasteiger partial charge in [-0.15, -0.1) is 0 Å². The highest BCUT2D eigenvalue weighted by Crippen LogP contribution is 2.11. The average Bonchev–Trinajstić information content (AvgIpc) is 2.67. The van der Waals surface area contributed by atoms with Gasteiger partial charge in [-0.1, -0.05) is 19.1 Å². The Morgan fingerprint density at radius 3 is 2.71 bits per heavy atom. The van der Waals surface area contributed by atoms with E-state index >= 15 is 0 Å². The molecule has 14 heavy (non-hydrogen) atoms. The smallest absolute Gasteiger partial charge is 0.405 e. The summed E-state index contributed by atoms with van der Waals surface area (Å²) in [6.07, 6.45) is 1.11. The molecule has 0 saturated carbocycles. The van der Waals surface area contributed by atoms with E-state index in [1.54, 1.807) is 12.1 Å². The third-order valence-corrected chi connectivity index (χ3v) is 2.35. The van der Waals surface area contributed by atoms with E-state index in [0.29, 0.717) is 6.61 Å². The fourth-order valence-electron chi connectivity index (χ4n) is 1.46. The van der Waals surface area contributed by atoms with Crippen LogP contribution in [0.5, 0.6) is 0 Å². The van der Waals surface area contributed by atoms with Gasteiger partial charge in [0.25, 0.3) is 0 Å². The molecule has 0 aromatic heterocycles. The molecule has 0 spiro atoms. The summed E-state index contributed by atoms with van der Waals surface area (Å²) in [5.41, 5.74) is 0.877. The summed E-state index contributed by atoms with van der Waals surface area (Å²) in [7, 11) is -0.319. The molecule has 0 bridgehead atoms. The maximum atomic E-state index is 12.6. The molecule has 1 heterocycles. The standard InChI is InChI=1S/C10H12BFO2/c1-2-10-7-13-11(14-10)8-3-5-9(12)6-4-8/h3-6,10H,2,7H2,1H3. The highest BCUT2D eigenvalue weighted by atomic mass is 19.1. The van der Waals surface area contributed by atoms with Crippen molar-refractivity contribution in [1.82, 2.24) is 0 Å². The molecular formula is C10H12BFO2. The first-order valence-corrected chi connectivity index (χ1v) is 4.82. The molecule has 0 radical (unpaired) electrons. The zero-order chi connectivity index (χ0) is 9.97. The van der Waals surface area contributed by atoms with E-state index in [1.165, 1.54) is 12.1 Å². The van der Waals surface area contributed by atoms with Crippen LogP contribution in [-0.4, -0.2) is 19.8 Å². The number of benzene rings is 1. The first kappa shape index (κ1) is 9.68. The molecule has 1 aromatic rings. The number of hydrogen-bond acceptors (Lipinski definition) is 2. The van der Waals surface area contributed by atoms with Gasteiger partial charge in [-0.05, 0) is 24.0 Å². The Labute approximate surface area is 83.2 Å². The first-order chi connectivity index (χ1) is 6.79. The van der Waals surface area contributed by atoms with Gasteiger partial charge >= 0.3 is 7.12 Å². The number of rotatable bonds is 2. The first-order valence-electron chi connectivity index (χ1n) is 4.82. The topological polar surface area (TPSA) is 18.5 Å². The van der Waals surface area contributed by atoms with Crippen molar-refractivity contribution in [3.63, 3.8) is 0 Å². The molecule has 1 aromatic carbocycles. The van der Waals surface area contributed by atoms with Crippen molar-refractivity contribution in [2.75, 3.05) is 6.61 Å². The number of halogens is 1. The molecule has 1 saturated heterocycles. The van der Waals surface area contributed by atoms with Gasteiger partial charge in [-0.3, -0.25) is 0 Å². The largest absolute Gasteiger partial charge is 0.494 e. The van der Waals surface area contributed by atoms with Gasteiger partial charge in [0.2, 0.25) is 0 Å². The van der Waals surface area contributed by atoms with Crippen LogP contribution in [0.15, 0.2) is 24.3 Å². The third-order valence-electron chi connectivity index (χ3n) is 2.35. The van der Waals surface area contributed by atoms with Crippen LogP contribution in [0.2, 0.25) is 0 Å². The predicted molar refractivity (Wildman–Crippen MR) is 52.9 cm³/mol. The molecular weight excluding hydrogens is 182 g/mol. The summed E-state index contributed by atoms with van der Waals surface area (Å²) in [6, 6.07) is 6.22. The molecule has 1 fully saturated rings. The van der Waals surface area contributed by atoms with Crippen molar-refractivity contribution >= 4 is 12.6 Å². The maximum Gasteiger partial charge on any atom is 0.494 e. The second-order valence-electron chi connectivity index (χ2n) is 3.38. The van der Waals surface area contributed by atoms with E-state index in [4.69, 9.17) is 9.31 Å².